The third kappa shape index (κ3) is 5.82. The summed E-state index contributed by atoms with van der Waals surface area (Å²) in [5.74, 6) is 0.634. The molecule has 0 unspecified atom stereocenters. The van der Waals surface area contributed by atoms with Gasteiger partial charge in [0.25, 0.3) is 0 Å². The SMILES string of the molecule is CCOc1ccc(NC(=O)CN(C)CC(=O)N2CCOCC2)cc1. The van der Waals surface area contributed by atoms with Crippen molar-refractivity contribution in [1.82, 2.24) is 9.80 Å². The molecule has 1 aromatic rings. The van der Waals surface area contributed by atoms with Crippen LogP contribution in [-0.2, 0) is 14.3 Å². The molecule has 0 bridgehead atoms. The molecule has 24 heavy (non-hydrogen) atoms. The molecule has 1 saturated heterocycles. The van der Waals surface area contributed by atoms with Crippen LogP contribution in [0.2, 0.25) is 0 Å². The van der Waals surface area contributed by atoms with Crippen molar-refractivity contribution in [2.45, 2.75) is 6.92 Å². The maximum atomic E-state index is 12.1. The standard InChI is InChI=1S/C17H25N3O4/c1-3-24-15-6-4-14(5-7-15)18-16(21)12-19(2)13-17(22)20-8-10-23-11-9-20/h4-7H,3,8-13H2,1-2H3,(H,18,21). The summed E-state index contributed by atoms with van der Waals surface area (Å²) in [6.45, 7) is 5.29. The van der Waals surface area contributed by atoms with Gasteiger partial charge in [-0.3, -0.25) is 14.5 Å². The molecule has 1 heterocycles. The van der Waals surface area contributed by atoms with Crippen LogP contribution in [0.1, 0.15) is 6.92 Å². The quantitative estimate of drug-likeness (QED) is 0.799. The van der Waals surface area contributed by atoms with Crippen LogP contribution in [0, 0.1) is 0 Å². The number of hydrogen-bond donors (Lipinski definition) is 1. The zero-order valence-corrected chi connectivity index (χ0v) is 14.3. The number of hydrogen-bond acceptors (Lipinski definition) is 5. The molecule has 0 aromatic heterocycles. The van der Waals surface area contributed by atoms with E-state index in [-0.39, 0.29) is 24.9 Å². The number of ether oxygens (including phenoxy) is 2. The fourth-order valence-electron chi connectivity index (χ4n) is 2.45. The van der Waals surface area contributed by atoms with Crippen molar-refractivity contribution in [3.05, 3.63) is 24.3 Å². The van der Waals surface area contributed by atoms with Crippen molar-refractivity contribution >= 4 is 17.5 Å². The molecular formula is C17H25N3O4. The number of benzene rings is 1. The Bertz CT molecular complexity index is 541. The molecule has 2 amide bonds. The van der Waals surface area contributed by atoms with Gasteiger partial charge in [-0.25, -0.2) is 0 Å². The predicted octanol–water partition coefficient (Wildman–Crippen LogP) is 0.814. The highest BCUT2D eigenvalue weighted by Crippen LogP contribution is 2.15. The van der Waals surface area contributed by atoms with Crippen LogP contribution >= 0.6 is 0 Å². The lowest BCUT2D eigenvalue weighted by Gasteiger charge is -2.28. The lowest BCUT2D eigenvalue weighted by molar-refractivity contribution is -0.136. The Morgan fingerprint density at radius 2 is 1.88 bits per heavy atom. The second-order valence-corrected chi connectivity index (χ2v) is 5.67. The molecule has 7 heteroatoms. The van der Waals surface area contributed by atoms with E-state index < -0.39 is 0 Å². The third-order valence-corrected chi connectivity index (χ3v) is 3.63. The van der Waals surface area contributed by atoms with E-state index in [0.717, 1.165) is 5.75 Å². The summed E-state index contributed by atoms with van der Waals surface area (Å²) < 4.78 is 10.6. The molecule has 132 valence electrons. The second-order valence-electron chi connectivity index (χ2n) is 5.67. The minimum absolute atomic E-state index is 0.0228. The van der Waals surface area contributed by atoms with Gasteiger partial charge in [0.15, 0.2) is 0 Å². The molecule has 0 saturated carbocycles. The van der Waals surface area contributed by atoms with Gasteiger partial charge in [-0.1, -0.05) is 0 Å². The minimum atomic E-state index is -0.156. The van der Waals surface area contributed by atoms with Crippen LogP contribution in [0.15, 0.2) is 24.3 Å². The first kappa shape index (κ1) is 18.2. The summed E-state index contributed by atoms with van der Waals surface area (Å²) in [5, 5.41) is 2.81. The van der Waals surface area contributed by atoms with E-state index in [1.807, 2.05) is 19.1 Å². The highest BCUT2D eigenvalue weighted by molar-refractivity contribution is 5.92. The van der Waals surface area contributed by atoms with Crippen molar-refractivity contribution in [1.29, 1.82) is 0 Å². The molecule has 0 aliphatic carbocycles. The number of carbonyl (C=O) groups excluding carboxylic acids is 2. The van der Waals surface area contributed by atoms with Crippen LogP contribution in [0.25, 0.3) is 0 Å². The van der Waals surface area contributed by atoms with Crippen LogP contribution in [0.3, 0.4) is 0 Å². The van der Waals surface area contributed by atoms with Gasteiger partial charge in [0.1, 0.15) is 5.75 Å². The fraction of sp³-hybridized carbons (Fsp3) is 0.529. The first-order valence-corrected chi connectivity index (χ1v) is 8.15. The van der Waals surface area contributed by atoms with Crippen molar-refractivity contribution < 1.29 is 19.1 Å². The Hall–Kier alpha value is -2.12. The Morgan fingerprint density at radius 1 is 1.21 bits per heavy atom. The molecule has 2 rings (SSSR count). The number of likely N-dealkylation sites (N-methyl/N-ethyl adjacent to an activating group) is 1. The average Bonchev–Trinajstić information content (AvgIpc) is 2.57. The lowest BCUT2D eigenvalue weighted by atomic mass is 10.3. The second kappa shape index (κ2) is 9.24. The average molecular weight is 335 g/mol. The smallest absolute Gasteiger partial charge is 0.238 e. The van der Waals surface area contributed by atoms with Gasteiger partial charge < -0.3 is 19.7 Å². The molecule has 0 spiro atoms. The summed E-state index contributed by atoms with van der Waals surface area (Å²) in [5.41, 5.74) is 0.705. The number of carbonyl (C=O) groups is 2. The van der Waals surface area contributed by atoms with Crippen molar-refractivity contribution in [3.63, 3.8) is 0 Å². The molecule has 1 aliphatic heterocycles. The minimum Gasteiger partial charge on any atom is -0.494 e. The number of nitrogens with zero attached hydrogens (tertiary/aromatic N) is 2. The van der Waals surface area contributed by atoms with Gasteiger partial charge in [-0.05, 0) is 38.2 Å². The first-order chi connectivity index (χ1) is 11.6. The highest BCUT2D eigenvalue weighted by atomic mass is 16.5. The van der Waals surface area contributed by atoms with E-state index in [1.165, 1.54) is 0 Å². The van der Waals surface area contributed by atoms with Crippen LogP contribution in [0.4, 0.5) is 5.69 Å². The van der Waals surface area contributed by atoms with Crippen LogP contribution < -0.4 is 10.1 Å². The summed E-state index contributed by atoms with van der Waals surface area (Å²) in [4.78, 5) is 27.7. The Kier molecular flexibility index (Phi) is 7.02. The van der Waals surface area contributed by atoms with E-state index in [4.69, 9.17) is 9.47 Å². The van der Waals surface area contributed by atoms with Gasteiger partial charge in [0, 0.05) is 18.8 Å². The zero-order chi connectivity index (χ0) is 17.4. The van der Waals surface area contributed by atoms with Gasteiger partial charge in [0.2, 0.25) is 11.8 Å². The summed E-state index contributed by atoms with van der Waals surface area (Å²) in [6, 6.07) is 7.21. The molecule has 0 atom stereocenters. The van der Waals surface area contributed by atoms with E-state index in [0.29, 0.717) is 38.6 Å². The zero-order valence-electron chi connectivity index (χ0n) is 14.3. The Morgan fingerprint density at radius 3 is 2.50 bits per heavy atom. The van der Waals surface area contributed by atoms with Crippen molar-refractivity contribution in [2.24, 2.45) is 0 Å². The normalized spacial score (nSPS) is 14.5. The topological polar surface area (TPSA) is 71.1 Å². The maximum Gasteiger partial charge on any atom is 0.238 e. The van der Waals surface area contributed by atoms with E-state index >= 15 is 0 Å². The monoisotopic (exact) mass is 335 g/mol. The molecule has 1 aromatic carbocycles. The Balaban J connectivity index is 1.75. The molecule has 1 N–H and O–H groups in total. The van der Waals surface area contributed by atoms with E-state index in [2.05, 4.69) is 5.32 Å². The maximum absolute atomic E-state index is 12.1. The van der Waals surface area contributed by atoms with Gasteiger partial charge in [-0.15, -0.1) is 0 Å². The molecule has 7 nitrogen and oxygen atoms in total. The van der Waals surface area contributed by atoms with Gasteiger partial charge in [-0.2, -0.15) is 0 Å². The van der Waals surface area contributed by atoms with Gasteiger partial charge >= 0.3 is 0 Å². The first-order valence-electron chi connectivity index (χ1n) is 8.15. The van der Waals surface area contributed by atoms with Crippen molar-refractivity contribution in [2.75, 3.05) is 58.4 Å². The fourth-order valence-corrected chi connectivity index (χ4v) is 2.45. The van der Waals surface area contributed by atoms with Crippen molar-refractivity contribution in [3.8, 4) is 5.75 Å². The number of amides is 2. The van der Waals surface area contributed by atoms with Crippen LogP contribution in [0.5, 0.6) is 5.75 Å². The summed E-state index contributed by atoms with van der Waals surface area (Å²) in [6.07, 6.45) is 0. The Labute approximate surface area is 142 Å². The third-order valence-electron chi connectivity index (χ3n) is 3.63. The predicted molar refractivity (Wildman–Crippen MR) is 91.1 cm³/mol. The number of anilines is 1. The van der Waals surface area contributed by atoms with E-state index in [1.54, 1.807) is 29.0 Å². The number of nitrogens with one attached hydrogen (secondary N) is 1. The summed E-state index contributed by atoms with van der Waals surface area (Å²) >= 11 is 0. The largest absolute Gasteiger partial charge is 0.494 e. The van der Waals surface area contributed by atoms with E-state index in [9.17, 15) is 9.59 Å². The van der Waals surface area contributed by atoms with Crippen LogP contribution in [-0.4, -0.2) is 74.7 Å². The lowest BCUT2D eigenvalue weighted by Crippen LogP contribution is -2.46. The molecule has 1 fully saturated rings. The molecule has 0 radical (unpaired) electrons. The molecular weight excluding hydrogens is 310 g/mol. The number of rotatable bonds is 7. The summed E-state index contributed by atoms with van der Waals surface area (Å²) in [7, 11) is 1.76. The molecule has 1 aliphatic rings. The van der Waals surface area contributed by atoms with Gasteiger partial charge in [0.05, 0.1) is 32.9 Å². The highest BCUT2D eigenvalue weighted by Gasteiger charge is 2.19. The number of morpholine rings is 1.